The molecular weight excluding hydrogens is 242 g/mol. The minimum atomic E-state index is -3.69. The van der Waals surface area contributed by atoms with Crippen molar-refractivity contribution < 1.29 is 11.2 Å². The smallest absolute Gasteiger partial charge is 0.207 e. The van der Waals surface area contributed by atoms with Gasteiger partial charge in [0, 0.05) is 13.7 Å². The molecule has 5 heteroatoms. The minimum Gasteiger partial charge on any atom is -0.207 e. The highest BCUT2D eigenvalue weighted by molar-refractivity contribution is 9.10. The fraction of sp³-hybridized carbons (Fsp3) is 0.143. The van der Waals surface area contributed by atoms with E-state index in [9.17, 15) is 8.42 Å². The van der Waals surface area contributed by atoms with Gasteiger partial charge in [-0.05, 0) is 17.7 Å². The van der Waals surface area contributed by atoms with Gasteiger partial charge in [-0.1, -0.05) is 22.0 Å². The first-order valence-electron chi connectivity index (χ1n) is 4.17. The molecule has 0 spiro atoms. The predicted octanol–water partition coefficient (Wildman–Crippen LogP) is 1.24. The second kappa shape index (κ2) is 2.55. The SMILES string of the molecule is [2H]C1([2H])NS(=O)(=O)c2cc(Br)ccc21. The molecule has 64 valence electrons. The molecule has 0 aromatic heterocycles. The van der Waals surface area contributed by atoms with Gasteiger partial charge in [0.2, 0.25) is 10.0 Å². The fourth-order valence-corrected chi connectivity index (χ4v) is 2.56. The quantitative estimate of drug-likeness (QED) is 0.753. The van der Waals surface area contributed by atoms with Gasteiger partial charge in [0.15, 0.2) is 0 Å². The standard InChI is InChI=1S/C7H6BrNO2S/c8-6-2-1-5-4-9-12(10,11)7(5)3-6/h1-3,9H,4H2/i4D2. The molecular formula is C7H6BrNO2S. The highest BCUT2D eigenvalue weighted by Crippen LogP contribution is 2.25. The van der Waals surface area contributed by atoms with Crippen LogP contribution in [0.25, 0.3) is 0 Å². The Hall–Kier alpha value is -0.390. The maximum atomic E-state index is 11.4. The first-order chi connectivity index (χ1) is 6.33. The van der Waals surface area contributed by atoms with Crippen LogP contribution < -0.4 is 4.72 Å². The largest absolute Gasteiger partial charge is 0.241 e. The zero-order valence-electron chi connectivity index (χ0n) is 7.83. The number of hydrogen-bond donors (Lipinski definition) is 1. The topological polar surface area (TPSA) is 46.2 Å². The molecule has 1 aromatic rings. The number of halogens is 1. The van der Waals surface area contributed by atoms with Gasteiger partial charge in [-0.15, -0.1) is 0 Å². The molecule has 3 nitrogen and oxygen atoms in total. The minimum absolute atomic E-state index is 0.00289. The van der Waals surface area contributed by atoms with Crippen molar-refractivity contribution >= 4 is 26.0 Å². The van der Waals surface area contributed by atoms with Crippen LogP contribution in [0.15, 0.2) is 27.6 Å². The monoisotopic (exact) mass is 249 g/mol. The van der Waals surface area contributed by atoms with Crippen molar-refractivity contribution in [1.29, 1.82) is 0 Å². The first-order valence-corrected chi connectivity index (χ1v) is 5.44. The van der Waals surface area contributed by atoms with Gasteiger partial charge >= 0.3 is 0 Å². The van der Waals surface area contributed by atoms with E-state index in [1.807, 2.05) is 4.72 Å². The Morgan fingerprint density at radius 1 is 1.58 bits per heavy atom. The van der Waals surface area contributed by atoms with Crippen molar-refractivity contribution in [3.05, 3.63) is 28.2 Å². The van der Waals surface area contributed by atoms with Crippen LogP contribution in [0.5, 0.6) is 0 Å². The van der Waals surface area contributed by atoms with Gasteiger partial charge < -0.3 is 0 Å². The van der Waals surface area contributed by atoms with Crippen molar-refractivity contribution in [3.8, 4) is 0 Å². The lowest BCUT2D eigenvalue weighted by Gasteiger charge is -1.96. The van der Waals surface area contributed by atoms with E-state index in [1.165, 1.54) is 12.1 Å². The summed E-state index contributed by atoms with van der Waals surface area (Å²) < 4.78 is 40.4. The van der Waals surface area contributed by atoms with Crippen molar-refractivity contribution in [3.63, 3.8) is 0 Å². The molecule has 0 fully saturated rings. The summed E-state index contributed by atoms with van der Waals surface area (Å²) in [7, 11) is -3.69. The highest BCUT2D eigenvalue weighted by Gasteiger charge is 2.24. The molecule has 12 heavy (non-hydrogen) atoms. The zero-order chi connectivity index (χ0) is 10.6. The third-order valence-electron chi connectivity index (χ3n) is 1.55. The summed E-state index contributed by atoms with van der Waals surface area (Å²) >= 11 is 3.14. The van der Waals surface area contributed by atoms with Crippen molar-refractivity contribution in [1.82, 2.24) is 4.72 Å². The normalized spacial score (nSPS) is 25.8. The second-order valence-corrected chi connectivity index (χ2v) is 4.94. The highest BCUT2D eigenvalue weighted by atomic mass is 79.9. The van der Waals surface area contributed by atoms with E-state index in [2.05, 4.69) is 15.9 Å². The van der Waals surface area contributed by atoms with E-state index < -0.39 is 16.5 Å². The van der Waals surface area contributed by atoms with Crippen LogP contribution in [0.2, 0.25) is 0 Å². The van der Waals surface area contributed by atoms with Crippen LogP contribution in [0.3, 0.4) is 0 Å². The molecule has 1 aliphatic rings. The second-order valence-electron chi connectivity index (χ2n) is 2.37. The van der Waals surface area contributed by atoms with Crippen LogP contribution >= 0.6 is 15.9 Å². The lowest BCUT2D eigenvalue weighted by atomic mass is 10.2. The molecule has 1 aliphatic heterocycles. The summed E-state index contributed by atoms with van der Waals surface area (Å²) in [5, 5.41) is 0. The molecule has 1 aromatic carbocycles. The Balaban J connectivity index is 2.79. The van der Waals surface area contributed by atoms with Crippen LogP contribution in [0.1, 0.15) is 8.30 Å². The number of rotatable bonds is 0. The summed E-state index contributed by atoms with van der Waals surface area (Å²) in [6.07, 6.45) is 0. The predicted molar refractivity (Wildman–Crippen MR) is 48.2 cm³/mol. The third kappa shape index (κ3) is 1.18. The van der Waals surface area contributed by atoms with Crippen LogP contribution in [-0.4, -0.2) is 8.42 Å². The molecule has 1 heterocycles. The summed E-state index contributed by atoms with van der Waals surface area (Å²) in [5.74, 6) is 0. The lowest BCUT2D eigenvalue weighted by Crippen LogP contribution is -2.13. The maximum absolute atomic E-state index is 11.4. The lowest BCUT2D eigenvalue weighted by molar-refractivity contribution is 0.589. The number of benzene rings is 1. The van der Waals surface area contributed by atoms with Gasteiger partial charge in [0.05, 0.1) is 4.90 Å². The molecule has 0 aliphatic carbocycles. The van der Waals surface area contributed by atoms with E-state index in [4.69, 9.17) is 2.74 Å². The average Bonchev–Trinajstić information content (AvgIpc) is 2.17. The number of nitrogens with one attached hydrogen (secondary N) is 1. The van der Waals surface area contributed by atoms with Gasteiger partial charge in [-0.3, -0.25) is 0 Å². The Morgan fingerprint density at radius 2 is 2.33 bits per heavy atom. The van der Waals surface area contributed by atoms with Crippen LogP contribution in [-0.2, 0) is 16.5 Å². The molecule has 0 amide bonds. The maximum Gasteiger partial charge on any atom is 0.241 e. The number of sulfonamides is 1. The molecule has 0 atom stereocenters. The molecule has 1 N–H and O–H groups in total. The molecule has 0 radical (unpaired) electrons. The third-order valence-corrected chi connectivity index (χ3v) is 3.33. The average molecular weight is 250 g/mol. The van der Waals surface area contributed by atoms with Gasteiger partial charge in [0.1, 0.15) is 0 Å². The number of hydrogen-bond acceptors (Lipinski definition) is 2. The number of fused-ring (bicyclic) bond motifs is 1. The summed E-state index contributed by atoms with van der Waals surface area (Å²) in [6, 6.07) is 4.46. The van der Waals surface area contributed by atoms with Gasteiger partial charge in [0.25, 0.3) is 0 Å². The van der Waals surface area contributed by atoms with Crippen LogP contribution in [0, 0.1) is 0 Å². The van der Waals surface area contributed by atoms with Gasteiger partial charge in [-0.2, -0.15) is 0 Å². The Bertz CT molecular complexity index is 500. The van der Waals surface area contributed by atoms with Gasteiger partial charge in [-0.25, -0.2) is 13.1 Å². The van der Waals surface area contributed by atoms with Crippen molar-refractivity contribution in [2.75, 3.05) is 0 Å². The molecule has 0 saturated carbocycles. The van der Waals surface area contributed by atoms with Crippen molar-refractivity contribution in [2.45, 2.75) is 11.4 Å². The molecule has 0 bridgehead atoms. The van der Waals surface area contributed by atoms with E-state index in [0.717, 1.165) is 0 Å². The fourth-order valence-electron chi connectivity index (χ4n) is 0.999. The Kier molecular flexibility index (Phi) is 1.30. The summed E-state index contributed by atoms with van der Waals surface area (Å²) in [6.45, 7) is -2.01. The molecule has 0 unspecified atom stereocenters. The summed E-state index contributed by atoms with van der Waals surface area (Å²) in [4.78, 5) is -0.00289. The van der Waals surface area contributed by atoms with Crippen molar-refractivity contribution in [2.24, 2.45) is 0 Å². The van der Waals surface area contributed by atoms with E-state index in [0.29, 0.717) is 4.47 Å². The molecule has 0 saturated heterocycles. The van der Waals surface area contributed by atoms with Crippen LogP contribution in [0.4, 0.5) is 0 Å². The van der Waals surface area contributed by atoms with E-state index >= 15 is 0 Å². The zero-order valence-corrected chi connectivity index (χ0v) is 8.24. The van der Waals surface area contributed by atoms with E-state index in [1.54, 1.807) is 6.07 Å². The Labute approximate surface area is 81.8 Å². The Morgan fingerprint density at radius 3 is 3.08 bits per heavy atom. The molecule has 2 rings (SSSR count). The van der Waals surface area contributed by atoms with E-state index in [-0.39, 0.29) is 10.5 Å². The first kappa shape index (κ1) is 6.12. The summed E-state index contributed by atoms with van der Waals surface area (Å²) in [5.41, 5.74) is 0.153.